The Balaban J connectivity index is 1.57. The first-order valence-corrected chi connectivity index (χ1v) is 10.0. The lowest BCUT2D eigenvalue weighted by Gasteiger charge is -2.11. The van der Waals surface area contributed by atoms with E-state index in [0.717, 1.165) is 12.0 Å². The number of carbonyl (C=O) groups is 2. The number of methoxy groups -OCH3 is 1. The van der Waals surface area contributed by atoms with Crippen LogP contribution in [0.3, 0.4) is 0 Å². The fraction of sp³-hybridized carbons (Fsp3) is 0.250. The van der Waals surface area contributed by atoms with Crippen LogP contribution >= 0.6 is 11.8 Å². The second kappa shape index (κ2) is 9.88. The molecule has 2 aromatic carbocycles. The quantitative estimate of drug-likeness (QED) is 0.492. The van der Waals surface area contributed by atoms with E-state index in [-0.39, 0.29) is 23.7 Å². The van der Waals surface area contributed by atoms with Gasteiger partial charge in [0.15, 0.2) is 5.17 Å². The molecule has 0 aliphatic carbocycles. The summed E-state index contributed by atoms with van der Waals surface area (Å²) in [5.41, 5.74) is 1.15. The normalized spacial score (nSPS) is 16.9. The van der Waals surface area contributed by atoms with E-state index < -0.39 is 16.1 Å². The van der Waals surface area contributed by atoms with Crippen LogP contribution in [0.2, 0.25) is 0 Å². The Morgan fingerprint density at radius 2 is 2.07 bits per heavy atom. The third-order valence-electron chi connectivity index (χ3n) is 4.31. The van der Waals surface area contributed by atoms with E-state index >= 15 is 0 Å². The Hall–Kier alpha value is -3.40. The van der Waals surface area contributed by atoms with Crippen molar-refractivity contribution in [1.29, 1.82) is 0 Å². The molecule has 9 nitrogen and oxygen atoms in total. The molecule has 1 saturated heterocycles. The number of amidine groups is 1. The number of benzene rings is 2. The number of non-ortho nitro benzene ring substituents is 1. The molecule has 2 aromatic rings. The summed E-state index contributed by atoms with van der Waals surface area (Å²) in [7, 11) is 1.40. The van der Waals surface area contributed by atoms with Gasteiger partial charge >= 0.3 is 0 Å². The van der Waals surface area contributed by atoms with Crippen LogP contribution in [0.4, 0.5) is 11.4 Å². The number of nitrogens with zero attached hydrogens (tertiary/aromatic N) is 2. The zero-order chi connectivity index (χ0) is 21.5. The van der Waals surface area contributed by atoms with Gasteiger partial charge < -0.3 is 15.4 Å². The minimum Gasteiger partial charge on any atom is -0.495 e. The average Bonchev–Trinajstić information content (AvgIpc) is 3.07. The summed E-state index contributed by atoms with van der Waals surface area (Å²) in [6.45, 7) is 0.524. The third-order valence-corrected chi connectivity index (χ3v) is 5.43. The maximum absolute atomic E-state index is 12.4. The summed E-state index contributed by atoms with van der Waals surface area (Å²) in [6, 6.07) is 13.8. The van der Waals surface area contributed by atoms with Gasteiger partial charge in [-0.25, -0.2) is 0 Å². The van der Waals surface area contributed by atoms with E-state index in [2.05, 4.69) is 15.6 Å². The number of hydrogen-bond donors (Lipinski definition) is 2. The van der Waals surface area contributed by atoms with Crippen LogP contribution in [0.1, 0.15) is 12.0 Å². The number of rotatable bonds is 8. The van der Waals surface area contributed by atoms with Crippen molar-refractivity contribution in [2.75, 3.05) is 19.0 Å². The minimum atomic E-state index is -0.620. The molecule has 1 fully saturated rings. The SMILES string of the molecule is COc1ccc([N+](=O)[O-])cc1NC(=O)CC1SC(=NCCc2ccccc2)NC1=O. The summed E-state index contributed by atoms with van der Waals surface area (Å²) in [4.78, 5) is 39.3. The van der Waals surface area contributed by atoms with Gasteiger partial charge in [0.05, 0.1) is 17.7 Å². The Morgan fingerprint density at radius 1 is 1.30 bits per heavy atom. The molecule has 2 N–H and O–H groups in total. The average molecular weight is 428 g/mol. The summed E-state index contributed by atoms with van der Waals surface area (Å²) in [5, 5.41) is 16.1. The van der Waals surface area contributed by atoms with Crippen LogP contribution in [0.5, 0.6) is 5.75 Å². The molecule has 10 heteroatoms. The number of carbonyl (C=O) groups excluding carboxylic acids is 2. The van der Waals surface area contributed by atoms with E-state index in [1.165, 1.54) is 37.1 Å². The van der Waals surface area contributed by atoms with E-state index in [9.17, 15) is 19.7 Å². The summed E-state index contributed by atoms with van der Waals surface area (Å²) >= 11 is 1.20. The molecule has 1 aliphatic rings. The lowest BCUT2D eigenvalue weighted by Crippen LogP contribution is -2.28. The number of ether oxygens (including phenoxy) is 1. The molecule has 156 valence electrons. The lowest BCUT2D eigenvalue weighted by atomic mass is 10.2. The zero-order valence-corrected chi connectivity index (χ0v) is 17.0. The number of nitro groups is 1. The molecule has 1 unspecified atom stereocenters. The smallest absolute Gasteiger partial charge is 0.271 e. The van der Waals surface area contributed by atoms with Gasteiger partial charge in [-0.05, 0) is 18.1 Å². The molecule has 0 spiro atoms. The fourth-order valence-corrected chi connectivity index (χ4v) is 3.82. The monoisotopic (exact) mass is 428 g/mol. The highest BCUT2D eigenvalue weighted by Gasteiger charge is 2.32. The molecule has 0 aromatic heterocycles. The van der Waals surface area contributed by atoms with Crippen LogP contribution in [0.25, 0.3) is 0 Å². The highest BCUT2D eigenvalue weighted by molar-refractivity contribution is 8.15. The van der Waals surface area contributed by atoms with Crippen molar-refractivity contribution in [1.82, 2.24) is 5.32 Å². The molecular formula is C20H20N4O5S. The maximum atomic E-state index is 12.4. The van der Waals surface area contributed by atoms with Gasteiger partial charge in [-0.1, -0.05) is 42.1 Å². The second-order valence-corrected chi connectivity index (χ2v) is 7.60. The Kier molecular flexibility index (Phi) is 7.02. The maximum Gasteiger partial charge on any atom is 0.271 e. The lowest BCUT2D eigenvalue weighted by molar-refractivity contribution is -0.384. The summed E-state index contributed by atoms with van der Waals surface area (Å²) in [5.74, 6) is -0.452. The standard InChI is InChI=1S/C20H20N4O5S/c1-29-16-8-7-14(24(27)28)11-15(16)22-18(25)12-17-19(26)23-20(30-17)21-10-9-13-5-3-2-4-6-13/h2-8,11,17H,9-10,12H2,1H3,(H,22,25)(H,21,23,26). The predicted molar refractivity (Wildman–Crippen MR) is 115 cm³/mol. The van der Waals surface area contributed by atoms with Gasteiger partial charge in [0.2, 0.25) is 11.8 Å². The molecule has 0 bridgehead atoms. The van der Waals surface area contributed by atoms with Crippen LogP contribution < -0.4 is 15.4 Å². The van der Waals surface area contributed by atoms with Gasteiger partial charge in [0, 0.05) is 25.1 Å². The van der Waals surface area contributed by atoms with Crippen molar-refractivity contribution in [3.63, 3.8) is 0 Å². The van der Waals surface area contributed by atoms with Crippen LogP contribution in [0.15, 0.2) is 53.5 Å². The number of nitrogens with one attached hydrogen (secondary N) is 2. The van der Waals surface area contributed by atoms with E-state index in [4.69, 9.17) is 4.74 Å². The number of hydrogen-bond acceptors (Lipinski definition) is 7. The Morgan fingerprint density at radius 3 is 2.77 bits per heavy atom. The molecule has 1 aliphatic heterocycles. The zero-order valence-electron chi connectivity index (χ0n) is 16.2. The number of thioether (sulfide) groups is 1. The fourth-order valence-electron chi connectivity index (χ4n) is 2.82. The first-order chi connectivity index (χ1) is 14.5. The van der Waals surface area contributed by atoms with E-state index in [1.54, 1.807) is 0 Å². The van der Waals surface area contributed by atoms with Crippen molar-refractivity contribution < 1.29 is 19.2 Å². The number of aliphatic imine (C=N–C) groups is 1. The molecule has 1 heterocycles. The number of nitro benzene ring substituents is 1. The second-order valence-electron chi connectivity index (χ2n) is 6.41. The summed E-state index contributed by atoms with van der Waals surface area (Å²) in [6.07, 6.45) is 0.651. The topological polar surface area (TPSA) is 123 Å². The van der Waals surface area contributed by atoms with Crippen molar-refractivity contribution in [2.24, 2.45) is 4.99 Å². The highest BCUT2D eigenvalue weighted by Crippen LogP contribution is 2.30. The highest BCUT2D eigenvalue weighted by atomic mass is 32.2. The number of anilines is 1. The Bertz CT molecular complexity index is 980. The van der Waals surface area contributed by atoms with Gasteiger partial charge in [-0.2, -0.15) is 0 Å². The molecule has 30 heavy (non-hydrogen) atoms. The number of amides is 2. The molecule has 0 radical (unpaired) electrons. The van der Waals surface area contributed by atoms with Crippen molar-refractivity contribution in [2.45, 2.75) is 18.1 Å². The molecule has 2 amide bonds. The Labute approximate surface area is 177 Å². The van der Waals surface area contributed by atoms with Gasteiger partial charge in [-0.3, -0.25) is 24.7 Å². The summed E-state index contributed by atoms with van der Waals surface area (Å²) < 4.78 is 5.13. The van der Waals surface area contributed by atoms with Crippen molar-refractivity contribution in [3.8, 4) is 5.75 Å². The minimum absolute atomic E-state index is 0.0972. The first-order valence-electron chi connectivity index (χ1n) is 9.14. The molecule has 1 atom stereocenters. The van der Waals surface area contributed by atoms with Crippen molar-refractivity contribution in [3.05, 3.63) is 64.2 Å². The largest absolute Gasteiger partial charge is 0.495 e. The van der Waals surface area contributed by atoms with Gasteiger partial charge in [0.25, 0.3) is 5.69 Å². The van der Waals surface area contributed by atoms with E-state index in [1.807, 2.05) is 30.3 Å². The van der Waals surface area contributed by atoms with Gasteiger partial charge in [-0.15, -0.1) is 0 Å². The van der Waals surface area contributed by atoms with Crippen LogP contribution in [-0.2, 0) is 16.0 Å². The van der Waals surface area contributed by atoms with Gasteiger partial charge in [0.1, 0.15) is 11.0 Å². The predicted octanol–water partition coefficient (Wildman–Crippen LogP) is 2.76. The third kappa shape index (κ3) is 5.57. The molecular weight excluding hydrogens is 408 g/mol. The van der Waals surface area contributed by atoms with Crippen LogP contribution in [0, 0.1) is 10.1 Å². The van der Waals surface area contributed by atoms with Crippen LogP contribution in [-0.4, -0.2) is 40.8 Å². The first kappa shape index (κ1) is 21.3. The van der Waals surface area contributed by atoms with Crippen molar-refractivity contribution >= 4 is 40.1 Å². The van der Waals surface area contributed by atoms with E-state index in [0.29, 0.717) is 17.5 Å². The molecule has 0 saturated carbocycles. The molecule has 3 rings (SSSR count).